The van der Waals surface area contributed by atoms with Gasteiger partial charge in [0.15, 0.2) is 0 Å². The zero-order chi connectivity index (χ0) is 16.9. The van der Waals surface area contributed by atoms with Crippen molar-refractivity contribution in [1.29, 1.82) is 10.5 Å². The van der Waals surface area contributed by atoms with E-state index in [0.29, 0.717) is 38.8 Å². The third kappa shape index (κ3) is 3.32. The zero-order valence-corrected chi connectivity index (χ0v) is 13.7. The first-order valence-corrected chi connectivity index (χ1v) is 8.36. The Labute approximate surface area is 137 Å². The highest BCUT2D eigenvalue weighted by Crippen LogP contribution is 2.39. The number of hydrogen-bond donors (Lipinski definition) is 1. The van der Waals surface area contributed by atoms with E-state index in [2.05, 4.69) is 17.5 Å². The summed E-state index contributed by atoms with van der Waals surface area (Å²) in [5.74, 6) is -0.378. The summed E-state index contributed by atoms with van der Waals surface area (Å²) < 4.78 is 0. The fourth-order valence-corrected chi connectivity index (χ4v) is 3.69. The summed E-state index contributed by atoms with van der Waals surface area (Å²) in [5.41, 5.74) is -1.76. The second kappa shape index (κ2) is 7.00. The van der Waals surface area contributed by atoms with Crippen molar-refractivity contribution in [1.82, 2.24) is 10.2 Å². The number of nitriles is 2. The van der Waals surface area contributed by atoms with Crippen LogP contribution in [0.5, 0.6) is 0 Å². The molecule has 2 aliphatic rings. The van der Waals surface area contributed by atoms with E-state index in [4.69, 9.17) is 0 Å². The molecule has 2 rings (SSSR count). The second-order valence-electron chi connectivity index (χ2n) is 6.78. The summed E-state index contributed by atoms with van der Waals surface area (Å²) >= 11 is 0. The molecule has 0 saturated heterocycles. The number of carbonyl (C=O) groups is 2. The molecule has 0 atom stereocenters. The Morgan fingerprint density at radius 3 is 1.96 bits per heavy atom. The highest BCUT2D eigenvalue weighted by atomic mass is 16.2. The molecule has 6 nitrogen and oxygen atoms in total. The van der Waals surface area contributed by atoms with E-state index < -0.39 is 10.8 Å². The van der Waals surface area contributed by atoms with E-state index in [-0.39, 0.29) is 11.8 Å². The van der Waals surface area contributed by atoms with Crippen LogP contribution >= 0.6 is 0 Å². The molecule has 0 bridgehead atoms. The van der Waals surface area contributed by atoms with E-state index in [1.807, 2.05) is 0 Å². The molecule has 2 fully saturated rings. The van der Waals surface area contributed by atoms with E-state index in [9.17, 15) is 20.1 Å². The lowest BCUT2D eigenvalue weighted by atomic mass is 9.86. The average molecular weight is 316 g/mol. The minimum Gasteiger partial charge on any atom is -0.353 e. The molecule has 2 amide bonds. The molecule has 1 N–H and O–H groups in total. The molecule has 23 heavy (non-hydrogen) atoms. The first-order chi connectivity index (χ1) is 11.0. The Balaban J connectivity index is 1.84. The SMILES string of the molecule is CN(CCNC(=O)C1(C#N)CCCC1)C(=O)C1(C#N)CCCC1. The van der Waals surface area contributed by atoms with Crippen molar-refractivity contribution < 1.29 is 9.59 Å². The van der Waals surface area contributed by atoms with Crippen LogP contribution in [-0.4, -0.2) is 36.9 Å². The Morgan fingerprint density at radius 2 is 1.48 bits per heavy atom. The van der Waals surface area contributed by atoms with Crippen LogP contribution in [-0.2, 0) is 9.59 Å². The van der Waals surface area contributed by atoms with Gasteiger partial charge in [-0.3, -0.25) is 9.59 Å². The van der Waals surface area contributed by atoms with Gasteiger partial charge in [0.25, 0.3) is 0 Å². The number of likely N-dealkylation sites (N-methyl/N-ethyl adjacent to an activating group) is 1. The number of hydrogen-bond acceptors (Lipinski definition) is 4. The first kappa shape index (κ1) is 17.3. The maximum absolute atomic E-state index is 12.5. The Bertz CT molecular complexity index is 546. The van der Waals surface area contributed by atoms with Crippen molar-refractivity contribution in [2.24, 2.45) is 10.8 Å². The lowest BCUT2D eigenvalue weighted by Gasteiger charge is -2.27. The number of nitrogens with one attached hydrogen (secondary N) is 1. The number of nitrogens with zero attached hydrogens (tertiary/aromatic N) is 3. The predicted molar refractivity (Wildman–Crippen MR) is 83.7 cm³/mol. The Hall–Kier alpha value is -2.08. The van der Waals surface area contributed by atoms with Gasteiger partial charge in [-0.05, 0) is 25.7 Å². The maximum Gasteiger partial charge on any atom is 0.242 e. The summed E-state index contributed by atoms with van der Waals surface area (Å²) in [6.45, 7) is 0.668. The molecular weight excluding hydrogens is 292 g/mol. The highest BCUT2D eigenvalue weighted by Gasteiger charge is 2.43. The third-order valence-corrected chi connectivity index (χ3v) is 5.27. The second-order valence-corrected chi connectivity index (χ2v) is 6.78. The van der Waals surface area contributed by atoms with Gasteiger partial charge >= 0.3 is 0 Å². The molecule has 0 heterocycles. The van der Waals surface area contributed by atoms with Gasteiger partial charge in [-0.25, -0.2) is 0 Å². The van der Waals surface area contributed by atoms with E-state index in [1.54, 1.807) is 7.05 Å². The monoisotopic (exact) mass is 316 g/mol. The number of amides is 2. The molecule has 0 spiro atoms. The van der Waals surface area contributed by atoms with Crippen molar-refractivity contribution in [3.8, 4) is 12.1 Å². The minimum atomic E-state index is -0.887. The summed E-state index contributed by atoms with van der Waals surface area (Å²) in [4.78, 5) is 26.3. The van der Waals surface area contributed by atoms with E-state index >= 15 is 0 Å². The minimum absolute atomic E-state index is 0.150. The molecule has 2 saturated carbocycles. The lowest BCUT2D eigenvalue weighted by Crippen LogP contribution is -2.45. The van der Waals surface area contributed by atoms with Crippen LogP contribution in [0.2, 0.25) is 0 Å². The van der Waals surface area contributed by atoms with Gasteiger partial charge in [0.2, 0.25) is 11.8 Å². The molecule has 0 aromatic rings. The third-order valence-electron chi connectivity index (χ3n) is 5.27. The van der Waals surface area contributed by atoms with Crippen LogP contribution < -0.4 is 5.32 Å². The number of rotatable bonds is 5. The van der Waals surface area contributed by atoms with Crippen LogP contribution in [0.1, 0.15) is 51.4 Å². The topological polar surface area (TPSA) is 97.0 Å². The average Bonchev–Trinajstić information content (AvgIpc) is 3.24. The van der Waals surface area contributed by atoms with Crippen LogP contribution in [0.3, 0.4) is 0 Å². The predicted octanol–water partition coefficient (Wildman–Crippen LogP) is 1.73. The molecule has 0 unspecified atom stereocenters. The van der Waals surface area contributed by atoms with Gasteiger partial charge in [-0.2, -0.15) is 10.5 Å². The number of carbonyl (C=O) groups excluding carboxylic acids is 2. The van der Waals surface area contributed by atoms with Gasteiger partial charge in [0.1, 0.15) is 10.8 Å². The standard InChI is InChI=1S/C17H24N4O2/c1-21(15(23)17(13-19)8-4-5-9-17)11-10-20-14(22)16(12-18)6-2-3-7-16/h2-11H2,1H3,(H,20,22). The molecule has 0 aromatic carbocycles. The fourth-order valence-electron chi connectivity index (χ4n) is 3.69. The van der Waals surface area contributed by atoms with Gasteiger partial charge in [0, 0.05) is 20.1 Å². The van der Waals surface area contributed by atoms with Gasteiger partial charge < -0.3 is 10.2 Å². The van der Waals surface area contributed by atoms with Crippen LogP contribution in [0, 0.1) is 33.5 Å². The fraction of sp³-hybridized carbons (Fsp3) is 0.765. The van der Waals surface area contributed by atoms with Crippen molar-refractivity contribution >= 4 is 11.8 Å². The van der Waals surface area contributed by atoms with E-state index in [1.165, 1.54) is 4.90 Å². The molecular formula is C17H24N4O2. The quantitative estimate of drug-likeness (QED) is 0.835. The van der Waals surface area contributed by atoms with Gasteiger partial charge in [-0.1, -0.05) is 25.7 Å². The van der Waals surface area contributed by atoms with Crippen molar-refractivity contribution in [2.75, 3.05) is 20.1 Å². The zero-order valence-electron chi connectivity index (χ0n) is 13.7. The van der Waals surface area contributed by atoms with Gasteiger partial charge in [-0.15, -0.1) is 0 Å². The van der Waals surface area contributed by atoms with Crippen molar-refractivity contribution in [2.45, 2.75) is 51.4 Å². The normalized spacial score (nSPS) is 21.2. The molecule has 0 radical (unpaired) electrons. The van der Waals surface area contributed by atoms with Gasteiger partial charge in [0.05, 0.1) is 12.1 Å². The molecule has 0 aromatic heterocycles. The smallest absolute Gasteiger partial charge is 0.242 e. The van der Waals surface area contributed by atoms with Crippen molar-refractivity contribution in [3.63, 3.8) is 0 Å². The first-order valence-electron chi connectivity index (χ1n) is 8.36. The molecule has 6 heteroatoms. The summed E-state index contributed by atoms with van der Waals surface area (Å²) in [6.07, 6.45) is 6.10. The van der Waals surface area contributed by atoms with Crippen molar-refractivity contribution in [3.05, 3.63) is 0 Å². The lowest BCUT2D eigenvalue weighted by molar-refractivity contribution is -0.138. The highest BCUT2D eigenvalue weighted by molar-refractivity contribution is 5.86. The largest absolute Gasteiger partial charge is 0.353 e. The summed E-state index contributed by atoms with van der Waals surface area (Å²) in [7, 11) is 1.67. The van der Waals surface area contributed by atoms with Crippen LogP contribution in [0.25, 0.3) is 0 Å². The summed E-state index contributed by atoms with van der Waals surface area (Å²) in [5, 5.41) is 21.4. The molecule has 124 valence electrons. The summed E-state index contributed by atoms with van der Waals surface area (Å²) in [6, 6.07) is 4.36. The van der Waals surface area contributed by atoms with E-state index in [0.717, 1.165) is 25.7 Å². The van der Waals surface area contributed by atoms with Crippen LogP contribution in [0.4, 0.5) is 0 Å². The maximum atomic E-state index is 12.5. The molecule has 0 aliphatic heterocycles. The van der Waals surface area contributed by atoms with Crippen LogP contribution in [0.15, 0.2) is 0 Å². The Kier molecular flexibility index (Phi) is 5.26. The molecule has 2 aliphatic carbocycles. The Morgan fingerprint density at radius 1 is 1.00 bits per heavy atom.